The summed E-state index contributed by atoms with van der Waals surface area (Å²) in [6.45, 7) is 0.646. The van der Waals surface area contributed by atoms with E-state index in [1.54, 1.807) is 0 Å². The molecule has 4 aromatic carbocycles. The standard InChI is InChI=1S/C27H23O3P.Li.H/c28-27(31-25-17-8-3-9-18-25)26-21(19-29-23-13-4-1-5-14-23)11-10-12-22(26)20-30-24-15-6-2-7-16-24;;/h1-18,31H,19-20H2;;/q;+1;-1. The quantitative estimate of drug-likeness (QED) is 0.300. The third kappa shape index (κ3) is 6.59. The average molecular weight is 434 g/mol. The molecule has 0 saturated carbocycles. The molecule has 0 aromatic heterocycles. The number of para-hydroxylation sites is 2. The Bertz CT molecular complexity index is 1060. The van der Waals surface area contributed by atoms with E-state index in [9.17, 15) is 4.79 Å². The van der Waals surface area contributed by atoms with Crippen molar-refractivity contribution in [3.8, 4) is 11.5 Å². The molecule has 0 fully saturated rings. The van der Waals surface area contributed by atoms with E-state index in [0.29, 0.717) is 18.8 Å². The monoisotopic (exact) mass is 434 g/mol. The van der Waals surface area contributed by atoms with Crippen molar-refractivity contribution >= 4 is 19.4 Å². The summed E-state index contributed by atoms with van der Waals surface area (Å²) in [6.07, 6.45) is 0. The zero-order chi connectivity index (χ0) is 21.3. The van der Waals surface area contributed by atoms with Crippen LogP contribution in [-0.2, 0) is 13.2 Å². The van der Waals surface area contributed by atoms with Gasteiger partial charge in [0.15, 0.2) is 5.52 Å². The number of carbonyl (C=O) groups is 1. The van der Waals surface area contributed by atoms with Gasteiger partial charge in [-0.2, -0.15) is 0 Å². The fraction of sp³-hybridized carbons (Fsp3) is 0.0741. The van der Waals surface area contributed by atoms with Crippen molar-refractivity contribution in [1.82, 2.24) is 0 Å². The van der Waals surface area contributed by atoms with Crippen LogP contribution in [0.4, 0.5) is 0 Å². The Labute approximate surface area is 204 Å². The Balaban J connectivity index is 0.00000193. The Morgan fingerprint density at radius 3 is 1.53 bits per heavy atom. The number of hydrogen-bond acceptors (Lipinski definition) is 3. The summed E-state index contributed by atoms with van der Waals surface area (Å²) in [5.74, 6) is 1.55. The van der Waals surface area contributed by atoms with Crippen LogP contribution < -0.4 is 33.6 Å². The molecule has 3 nitrogen and oxygen atoms in total. The molecule has 0 amide bonds. The first kappa shape index (κ1) is 23.8. The van der Waals surface area contributed by atoms with Gasteiger partial charge in [0.1, 0.15) is 24.7 Å². The smallest absolute Gasteiger partial charge is 1.00 e. The first-order valence-corrected chi connectivity index (χ1v) is 11.1. The Hall–Kier alpha value is -2.82. The van der Waals surface area contributed by atoms with Crippen molar-refractivity contribution in [2.75, 3.05) is 0 Å². The van der Waals surface area contributed by atoms with E-state index >= 15 is 0 Å². The van der Waals surface area contributed by atoms with Crippen LogP contribution in [0.2, 0.25) is 0 Å². The SMILES string of the molecule is O=C(Pc1ccccc1)c1c(COc2ccccc2)cccc1COc1ccccc1.[H-].[Li+]. The van der Waals surface area contributed by atoms with Gasteiger partial charge in [0.2, 0.25) is 0 Å². The minimum atomic E-state index is 0. The van der Waals surface area contributed by atoms with Crippen molar-refractivity contribution in [2.45, 2.75) is 13.2 Å². The summed E-state index contributed by atoms with van der Waals surface area (Å²) < 4.78 is 11.9. The first-order chi connectivity index (χ1) is 15.3. The van der Waals surface area contributed by atoms with Crippen molar-refractivity contribution < 1.29 is 34.6 Å². The largest absolute Gasteiger partial charge is 1.00 e. The molecule has 1 unspecified atom stereocenters. The van der Waals surface area contributed by atoms with Gasteiger partial charge in [-0.25, -0.2) is 0 Å². The Morgan fingerprint density at radius 1 is 0.625 bits per heavy atom. The fourth-order valence-corrected chi connectivity index (χ4v) is 4.32. The molecule has 0 aliphatic rings. The van der Waals surface area contributed by atoms with Gasteiger partial charge in [0.05, 0.1) is 0 Å². The van der Waals surface area contributed by atoms with Crippen molar-refractivity contribution in [3.05, 3.63) is 126 Å². The number of hydrogen-bond donors (Lipinski definition) is 0. The minimum Gasteiger partial charge on any atom is -1.00 e. The number of carbonyl (C=O) groups excluding carboxylic acids is 1. The van der Waals surface area contributed by atoms with Crippen LogP contribution in [0.25, 0.3) is 0 Å². The van der Waals surface area contributed by atoms with E-state index in [1.165, 1.54) is 0 Å². The van der Waals surface area contributed by atoms with Crippen molar-refractivity contribution in [3.63, 3.8) is 0 Å². The van der Waals surface area contributed by atoms with Crippen LogP contribution >= 0.6 is 8.58 Å². The van der Waals surface area contributed by atoms with Gasteiger partial charge in [-0.15, -0.1) is 0 Å². The number of rotatable bonds is 9. The van der Waals surface area contributed by atoms with Crippen LogP contribution in [0, 0.1) is 0 Å². The molecule has 0 heterocycles. The molecule has 0 N–H and O–H groups in total. The third-order valence-electron chi connectivity index (χ3n) is 4.77. The summed E-state index contributed by atoms with van der Waals surface area (Å²) in [4.78, 5) is 13.4. The molecule has 32 heavy (non-hydrogen) atoms. The van der Waals surface area contributed by atoms with Crippen LogP contribution in [0.1, 0.15) is 22.9 Å². The maximum Gasteiger partial charge on any atom is 1.00 e. The van der Waals surface area contributed by atoms with E-state index in [1.807, 2.05) is 109 Å². The zero-order valence-electron chi connectivity index (χ0n) is 19.0. The molecule has 0 radical (unpaired) electrons. The van der Waals surface area contributed by atoms with E-state index in [0.717, 1.165) is 27.9 Å². The van der Waals surface area contributed by atoms with E-state index in [2.05, 4.69) is 0 Å². The molecular formula is C27H24LiO3P. The summed E-state index contributed by atoms with van der Waals surface area (Å²) >= 11 is 0. The molecule has 0 bridgehead atoms. The fourth-order valence-electron chi connectivity index (χ4n) is 3.26. The Morgan fingerprint density at radius 2 is 1.06 bits per heavy atom. The Kier molecular flexibility index (Phi) is 9.14. The van der Waals surface area contributed by atoms with Gasteiger partial charge in [-0.05, 0) is 38.2 Å². The topological polar surface area (TPSA) is 35.5 Å². The normalized spacial score (nSPS) is 10.5. The predicted molar refractivity (Wildman–Crippen MR) is 128 cm³/mol. The summed E-state index contributed by atoms with van der Waals surface area (Å²) in [5.41, 5.74) is 2.51. The molecule has 0 aliphatic heterocycles. The maximum absolute atomic E-state index is 13.4. The zero-order valence-corrected chi connectivity index (χ0v) is 19.0. The van der Waals surface area contributed by atoms with Gasteiger partial charge >= 0.3 is 18.9 Å². The van der Waals surface area contributed by atoms with E-state index < -0.39 is 0 Å². The second-order valence-corrected chi connectivity index (χ2v) is 8.26. The van der Waals surface area contributed by atoms with Gasteiger partial charge in [-0.3, -0.25) is 4.79 Å². The first-order valence-electron chi connectivity index (χ1n) is 10.1. The summed E-state index contributed by atoms with van der Waals surface area (Å²) in [6, 6.07) is 35.0. The number of ether oxygens (including phenoxy) is 2. The van der Waals surface area contributed by atoms with Gasteiger partial charge in [0.25, 0.3) is 0 Å². The van der Waals surface area contributed by atoms with E-state index in [-0.39, 0.29) is 34.4 Å². The molecule has 4 rings (SSSR count). The molecule has 0 spiro atoms. The van der Waals surface area contributed by atoms with Crippen LogP contribution in [-0.4, -0.2) is 5.52 Å². The molecule has 156 valence electrons. The van der Waals surface area contributed by atoms with Gasteiger partial charge < -0.3 is 10.9 Å². The second-order valence-electron chi connectivity index (χ2n) is 6.97. The molecule has 4 aromatic rings. The second kappa shape index (κ2) is 12.3. The van der Waals surface area contributed by atoms with E-state index in [4.69, 9.17) is 9.47 Å². The summed E-state index contributed by atoms with van der Waals surface area (Å²) in [7, 11) is 0.0404. The van der Waals surface area contributed by atoms with Crippen molar-refractivity contribution in [2.24, 2.45) is 0 Å². The van der Waals surface area contributed by atoms with Crippen LogP contribution in [0.3, 0.4) is 0 Å². The minimum absolute atomic E-state index is 0. The molecular weight excluding hydrogens is 410 g/mol. The van der Waals surface area contributed by atoms with Crippen molar-refractivity contribution in [1.29, 1.82) is 0 Å². The maximum atomic E-state index is 13.4. The average Bonchev–Trinajstić information content (AvgIpc) is 2.83. The van der Waals surface area contributed by atoms with Crippen LogP contribution in [0.5, 0.6) is 11.5 Å². The molecule has 0 saturated heterocycles. The molecule has 0 aliphatic carbocycles. The van der Waals surface area contributed by atoms with Crippen LogP contribution in [0.15, 0.2) is 109 Å². The third-order valence-corrected chi connectivity index (χ3v) is 5.87. The molecule has 1 atom stereocenters. The summed E-state index contributed by atoms with van der Waals surface area (Å²) in [5, 5.41) is 1.02. The number of benzene rings is 4. The molecule has 5 heteroatoms. The van der Waals surface area contributed by atoms with Gasteiger partial charge in [-0.1, -0.05) is 84.9 Å². The predicted octanol–water partition coefficient (Wildman–Crippen LogP) is 3.11. The van der Waals surface area contributed by atoms with Gasteiger partial charge in [0, 0.05) is 16.7 Å².